The van der Waals surface area contributed by atoms with Gasteiger partial charge in [-0.15, -0.1) is 0 Å². The number of halogens is 4. The van der Waals surface area contributed by atoms with Crippen LogP contribution in [0.1, 0.15) is 5.56 Å². The van der Waals surface area contributed by atoms with E-state index in [1.807, 2.05) is 0 Å². The van der Waals surface area contributed by atoms with Gasteiger partial charge in [0.25, 0.3) is 0 Å². The Morgan fingerprint density at radius 1 is 1.40 bits per heavy atom. The predicted octanol–water partition coefficient (Wildman–Crippen LogP) is 3.40. The number of nitrogens with one attached hydrogen (secondary N) is 1. The van der Waals surface area contributed by atoms with E-state index in [1.165, 1.54) is 12.1 Å². The smallest absolute Gasteiger partial charge is 0.372 e. The van der Waals surface area contributed by atoms with Gasteiger partial charge in [-0.2, -0.15) is 18.4 Å². The maximum absolute atomic E-state index is 12.5. The van der Waals surface area contributed by atoms with Gasteiger partial charge in [-0.25, -0.2) is 0 Å². The number of anilines is 1. The second-order valence-electron chi connectivity index (χ2n) is 2.70. The molecule has 6 heteroatoms. The van der Waals surface area contributed by atoms with Crippen LogP contribution in [0.5, 0.6) is 0 Å². The van der Waals surface area contributed by atoms with Crippen molar-refractivity contribution in [2.75, 3.05) is 11.9 Å². The molecule has 0 aliphatic carbocycles. The van der Waals surface area contributed by atoms with Crippen molar-refractivity contribution in [3.05, 3.63) is 28.2 Å². The summed E-state index contributed by atoms with van der Waals surface area (Å²) < 4.78 is 37.9. The van der Waals surface area contributed by atoms with Crippen LogP contribution in [0.15, 0.2) is 22.7 Å². The van der Waals surface area contributed by atoms with Crippen molar-refractivity contribution < 1.29 is 13.2 Å². The Balaban J connectivity index is 3.10. The summed E-state index contributed by atoms with van der Waals surface area (Å²) in [5, 5.41) is 10.7. The molecule has 0 aliphatic heterocycles. The lowest BCUT2D eigenvalue weighted by molar-refractivity contribution is -0.137. The molecule has 0 saturated carbocycles. The van der Waals surface area contributed by atoms with E-state index in [1.54, 1.807) is 6.07 Å². The number of benzene rings is 1. The number of nitrogens with zero attached hydrogens (tertiary/aromatic N) is 1. The summed E-state index contributed by atoms with van der Waals surface area (Å²) >= 11 is 2.96. The number of nitriles is 1. The van der Waals surface area contributed by atoms with Gasteiger partial charge in [0.2, 0.25) is 0 Å². The Labute approximate surface area is 92.8 Å². The molecule has 0 saturated heterocycles. The average Bonchev–Trinajstić information content (AvgIpc) is 2.14. The van der Waals surface area contributed by atoms with Gasteiger partial charge in [0.1, 0.15) is 6.54 Å². The Hall–Kier alpha value is -1.22. The molecule has 80 valence electrons. The molecule has 0 unspecified atom stereocenters. The third-order valence-electron chi connectivity index (χ3n) is 1.64. The van der Waals surface area contributed by atoms with Crippen molar-refractivity contribution in [1.82, 2.24) is 0 Å². The molecule has 2 nitrogen and oxygen atoms in total. The monoisotopic (exact) mass is 278 g/mol. The van der Waals surface area contributed by atoms with Crippen molar-refractivity contribution >= 4 is 21.6 Å². The Morgan fingerprint density at radius 3 is 2.60 bits per heavy atom. The van der Waals surface area contributed by atoms with Gasteiger partial charge < -0.3 is 5.32 Å². The fourth-order valence-electron chi connectivity index (χ4n) is 1.04. The summed E-state index contributed by atoms with van der Waals surface area (Å²) in [5.41, 5.74) is -0.876. The highest BCUT2D eigenvalue weighted by Gasteiger charge is 2.33. The van der Waals surface area contributed by atoms with Gasteiger partial charge >= 0.3 is 6.18 Å². The van der Waals surface area contributed by atoms with Crippen molar-refractivity contribution in [1.29, 1.82) is 5.26 Å². The lowest BCUT2D eigenvalue weighted by atomic mass is 10.1. The van der Waals surface area contributed by atoms with Crippen molar-refractivity contribution in [3.8, 4) is 6.07 Å². The minimum Gasteiger partial charge on any atom is -0.372 e. The number of rotatable bonds is 2. The molecule has 1 rings (SSSR count). The van der Waals surface area contributed by atoms with Crippen LogP contribution in [-0.4, -0.2) is 6.54 Å². The van der Waals surface area contributed by atoms with Gasteiger partial charge in [0, 0.05) is 10.2 Å². The van der Waals surface area contributed by atoms with E-state index in [9.17, 15) is 13.2 Å². The summed E-state index contributed by atoms with van der Waals surface area (Å²) in [6.45, 7) is -0.162. The van der Waals surface area contributed by atoms with E-state index < -0.39 is 11.7 Å². The average molecular weight is 279 g/mol. The SMILES string of the molecule is N#CCNc1ccc(Br)cc1C(F)(F)F. The fraction of sp³-hybridized carbons (Fsp3) is 0.222. The molecule has 15 heavy (non-hydrogen) atoms. The molecule has 1 aromatic carbocycles. The first-order valence-electron chi connectivity index (χ1n) is 3.92. The Kier molecular flexibility index (Phi) is 3.58. The zero-order valence-corrected chi connectivity index (χ0v) is 8.98. The van der Waals surface area contributed by atoms with Crippen LogP contribution < -0.4 is 5.32 Å². The number of alkyl halides is 3. The minimum atomic E-state index is -4.43. The van der Waals surface area contributed by atoms with Crippen LogP contribution in [0.4, 0.5) is 18.9 Å². The molecule has 0 fully saturated rings. The van der Waals surface area contributed by atoms with Gasteiger partial charge in [0.05, 0.1) is 11.6 Å². The van der Waals surface area contributed by atoms with Gasteiger partial charge in [0.15, 0.2) is 0 Å². The van der Waals surface area contributed by atoms with Crippen LogP contribution in [0, 0.1) is 11.3 Å². The summed E-state index contributed by atoms with van der Waals surface area (Å²) in [5.74, 6) is 0. The fourth-order valence-corrected chi connectivity index (χ4v) is 1.40. The van der Waals surface area contributed by atoms with E-state index in [4.69, 9.17) is 5.26 Å². The van der Waals surface area contributed by atoms with Crippen LogP contribution >= 0.6 is 15.9 Å². The zero-order valence-electron chi connectivity index (χ0n) is 7.40. The molecule has 0 heterocycles. The third kappa shape index (κ3) is 3.13. The van der Waals surface area contributed by atoms with E-state index in [-0.39, 0.29) is 12.2 Å². The molecule has 0 bridgehead atoms. The predicted molar refractivity (Wildman–Crippen MR) is 53.2 cm³/mol. The van der Waals surface area contributed by atoms with Crippen LogP contribution in [-0.2, 0) is 6.18 Å². The first kappa shape index (κ1) is 11.9. The summed E-state index contributed by atoms with van der Waals surface area (Å²) in [6.07, 6.45) is -4.43. The first-order chi connectivity index (χ1) is 6.95. The van der Waals surface area contributed by atoms with Crippen molar-refractivity contribution in [2.45, 2.75) is 6.18 Å². The second-order valence-corrected chi connectivity index (χ2v) is 3.62. The quantitative estimate of drug-likeness (QED) is 0.842. The third-order valence-corrected chi connectivity index (χ3v) is 2.14. The highest BCUT2D eigenvalue weighted by molar-refractivity contribution is 9.10. The number of hydrogen-bond donors (Lipinski definition) is 1. The number of hydrogen-bond acceptors (Lipinski definition) is 2. The molecule has 1 N–H and O–H groups in total. The highest BCUT2D eigenvalue weighted by atomic mass is 79.9. The zero-order chi connectivity index (χ0) is 11.5. The van der Waals surface area contributed by atoms with Gasteiger partial charge in [-0.05, 0) is 18.2 Å². The van der Waals surface area contributed by atoms with Gasteiger partial charge in [-0.1, -0.05) is 15.9 Å². The minimum absolute atomic E-state index is 0.0905. The van der Waals surface area contributed by atoms with Crippen LogP contribution in [0.25, 0.3) is 0 Å². The molecule has 0 radical (unpaired) electrons. The first-order valence-corrected chi connectivity index (χ1v) is 4.72. The molecule has 0 atom stereocenters. The lowest BCUT2D eigenvalue weighted by Gasteiger charge is -2.13. The summed E-state index contributed by atoms with van der Waals surface area (Å²) in [4.78, 5) is 0. The van der Waals surface area contributed by atoms with E-state index in [0.717, 1.165) is 6.07 Å². The Bertz CT molecular complexity index is 395. The summed E-state index contributed by atoms with van der Waals surface area (Å²) in [6, 6.07) is 5.45. The van der Waals surface area contributed by atoms with E-state index in [2.05, 4.69) is 21.2 Å². The topological polar surface area (TPSA) is 35.8 Å². The normalized spacial score (nSPS) is 10.9. The largest absolute Gasteiger partial charge is 0.418 e. The summed E-state index contributed by atoms with van der Waals surface area (Å²) in [7, 11) is 0. The van der Waals surface area contributed by atoms with Crippen LogP contribution in [0.2, 0.25) is 0 Å². The lowest BCUT2D eigenvalue weighted by Crippen LogP contribution is -2.10. The second kappa shape index (κ2) is 4.53. The van der Waals surface area contributed by atoms with Crippen molar-refractivity contribution in [2.24, 2.45) is 0 Å². The maximum Gasteiger partial charge on any atom is 0.418 e. The maximum atomic E-state index is 12.5. The molecule has 0 spiro atoms. The molecule has 1 aromatic rings. The molecular weight excluding hydrogens is 273 g/mol. The highest BCUT2D eigenvalue weighted by Crippen LogP contribution is 2.36. The van der Waals surface area contributed by atoms with Crippen molar-refractivity contribution in [3.63, 3.8) is 0 Å². The van der Waals surface area contributed by atoms with E-state index in [0.29, 0.717) is 4.47 Å². The standard InChI is InChI=1S/C9H6BrF3N2/c10-6-1-2-8(15-4-3-14)7(5-6)9(11,12)13/h1-2,5,15H,4H2. The Morgan fingerprint density at radius 2 is 2.07 bits per heavy atom. The van der Waals surface area contributed by atoms with E-state index >= 15 is 0 Å². The van der Waals surface area contributed by atoms with Gasteiger partial charge in [-0.3, -0.25) is 0 Å². The molecule has 0 aromatic heterocycles. The molecule has 0 aliphatic rings. The molecule has 0 amide bonds. The molecular formula is C9H6BrF3N2. The van der Waals surface area contributed by atoms with Crippen LogP contribution in [0.3, 0.4) is 0 Å².